The molecule has 0 aliphatic heterocycles. The number of nitrogens with zero attached hydrogens (tertiary/aromatic N) is 3. The number of rotatable bonds is 4. The van der Waals surface area contributed by atoms with Gasteiger partial charge in [-0.05, 0) is 73.2 Å². The lowest BCUT2D eigenvalue weighted by molar-refractivity contribution is 0.0885. The first-order chi connectivity index (χ1) is 17.0. The molecule has 2 heterocycles. The highest BCUT2D eigenvalue weighted by Gasteiger charge is 2.39. The van der Waals surface area contributed by atoms with Crippen molar-refractivity contribution < 1.29 is 4.79 Å². The fraction of sp³-hybridized carbons (Fsp3) is 0.207. The topological polar surface area (TPSA) is 75.6 Å². The number of hydrogen-bond acceptors (Lipinski definition) is 3. The molecule has 0 saturated heterocycles. The fourth-order valence-corrected chi connectivity index (χ4v) is 5.43. The monoisotopic (exact) mass is 461 g/mol. The maximum Gasteiger partial charge on any atom is 0.252 e. The van der Waals surface area contributed by atoms with Crippen LogP contribution < -0.4 is 5.32 Å². The number of nitrogens with one attached hydrogen (secondary N) is 2. The van der Waals surface area contributed by atoms with Crippen molar-refractivity contribution in [3.8, 4) is 5.69 Å². The summed E-state index contributed by atoms with van der Waals surface area (Å²) in [5.74, 6) is -0.0548. The molecule has 6 rings (SSSR count). The maximum atomic E-state index is 13.7. The van der Waals surface area contributed by atoms with E-state index in [1.807, 2.05) is 35.8 Å². The van der Waals surface area contributed by atoms with Crippen molar-refractivity contribution in [2.45, 2.75) is 38.6 Å². The molecule has 6 nitrogen and oxygen atoms in total. The van der Waals surface area contributed by atoms with E-state index in [1.165, 1.54) is 27.7 Å². The van der Waals surface area contributed by atoms with Crippen LogP contribution in [0.3, 0.4) is 0 Å². The molecular weight excluding hydrogens is 434 g/mol. The number of carbonyl (C=O) groups is 1. The molecule has 174 valence electrons. The maximum absolute atomic E-state index is 13.7. The normalized spacial score (nSPS) is 17.3. The van der Waals surface area contributed by atoms with E-state index in [0.717, 1.165) is 36.1 Å². The Kier molecular flexibility index (Phi) is 5.02. The molecule has 5 aromatic rings. The number of hydrogen-bond donors (Lipinski definition) is 2. The van der Waals surface area contributed by atoms with Gasteiger partial charge in [0.2, 0.25) is 0 Å². The third kappa shape index (κ3) is 3.71. The van der Waals surface area contributed by atoms with E-state index in [-0.39, 0.29) is 5.91 Å². The largest absolute Gasteiger partial charge is 0.358 e. The van der Waals surface area contributed by atoms with Crippen LogP contribution in [0.25, 0.3) is 16.6 Å². The van der Waals surface area contributed by atoms with Gasteiger partial charge in [-0.2, -0.15) is 0 Å². The number of aryl methyl sites for hydroxylation is 3. The van der Waals surface area contributed by atoms with Crippen molar-refractivity contribution in [2.75, 3.05) is 0 Å². The average molecular weight is 462 g/mol. The standard InChI is InChI=1S/C29H27N5O/c1-19-8-10-24-25-16-29(21-6-4-3-5-7-21,13-12-26(25)32-27(24)14-19)33-28(35)23-11-9-22(15-20(23)2)34-17-30-31-18-34/h3-11,14-15,17-18,32H,12-13,16H2,1-2H3,(H,33,35). The summed E-state index contributed by atoms with van der Waals surface area (Å²) in [5.41, 5.74) is 8.17. The number of carbonyl (C=O) groups excluding carboxylic acids is 1. The van der Waals surface area contributed by atoms with Crippen molar-refractivity contribution in [1.29, 1.82) is 0 Å². The van der Waals surface area contributed by atoms with Gasteiger partial charge in [-0.25, -0.2) is 0 Å². The summed E-state index contributed by atoms with van der Waals surface area (Å²) in [7, 11) is 0. The van der Waals surface area contributed by atoms with Gasteiger partial charge in [0.05, 0.1) is 5.54 Å². The Hall–Kier alpha value is -4.19. The Labute approximate surface area is 204 Å². The third-order valence-corrected chi connectivity index (χ3v) is 7.28. The predicted octanol–water partition coefficient (Wildman–Crippen LogP) is 5.18. The van der Waals surface area contributed by atoms with E-state index in [9.17, 15) is 4.79 Å². The summed E-state index contributed by atoms with van der Waals surface area (Å²) in [4.78, 5) is 17.4. The van der Waals surface area contributed by atoms with Crippen molar-refractivity contribution in [1.82, 2.24) is 25.1 Å². The number of fused-ring (bicyclic) bond motifs is 3. The molecule has 2 aromatic heterocycles. The zero-order chi connectivity index (χ0) is 24.0. The minimum atomic E-state index is -0.481. The van der Waals surface area contributed by atoms with Crippen molar-refractivity contribution in [2.24, 2.45) is 0 Å². The van der Waals surface area contributed by atoms with Crippen LogP contribution >= 0.6 is 0 Å². The molecule has 1 aliphatic rings. The molecule has 3 aromatic carbocycles. The molecular formula is C29H27N5O. The van der Waals surface area contributed by atoms with Crippen LogP contribution in [-0.4, -0.2) is 25.7 Å². The fourth-order valence-electron chi connectivity index (χ4n) is 5.43. The van der Waals surface area contributed by atoms with Gasteiger partial charge in [-0.1, -0.05) is 42.5 Å². The van der Waals surface area contributed by atoms with Crippen LogP contribution in [0, 0.1) is 13.8 Å². The molecule has 6 heteroatoms. The molecule has 1 atom stereocenters. The summed E-state index contributed by atoms with van der Waals surface area (Å²) < 4.78 is 1.83. The molecule has 0 saturated carbocycles. The van der Waals surface area contributed by atoms with Crippen LogP contribution in [0.2, 0.25) is 0 Å². The number of aromatic amines is 1. The zero-order valence-corrected chi connectivity index (χ0v) is 19.9. The first-order valence-corrected chi connectivity index (χ1v) is 12.0. The Morgan fingerprint density at radius 2 is 1.80 bits per heavy atom. The highest BCUT2D eigenvalue weighted by Crippen LogP contribution is 2.40. The highest BCUT2D eigenvalue weighted by atomic mass is 16.1. The molecule has 0 fully saturated rings. The highest BCUT2D eigenvalue weighted by molar-refractivity contribution is 5.96. The van der Waals surface area contributed by atoms with Gasteiger partial charge in [-0.3, -0.25) is 9.36 Å². The predicted molar refractivity (Wildman–Crippen MR) is 137 cm³/mol. The number of amides is 1. The SMILES string of the molecule is Cc1ccc2c3c([nH]c2c1)CCC(NC(=O)c1ccc(-n2cnnc2)cc1C)(c1ccccc1)C3. The Morgan fingerprint density at radius 3 is 2.57 bits per heavy atom. The molecule has 0 spiro atoms. The van der Waals surface area contributed by atoms with Gasteiger partial charge in [-0.15, -0.1) is 10.2 Å². The zero-order valence-electron chi connectivity index (χ0n) is 19.9. The molecule has 35 heavy (non-hydrogen) atoms. The van der Waals surface area contributed by atoms with Gasteiger partial charge in [0.15, 0.2) is 0 Å². The van der Waals surface area contributed by atoms with Gasteiger partial charge in [0.1, 0.15) is 12.7 Å². The molecule has 2 N–H and O–H groups in total. The van der Waals surface area contributed by atoms with E-state index < -0.39 is 5.54 Å². The smallest absolute Gasteiger partial charge is 0.252 e. The quantitative estimate of drug-likeness (QED) is 0.387. The van der Waals surface area contributed by atoms with Crippen LogP contribution in [-0.2, 0) is 18.4 Å². The first-order valence-electron chi connectivity index (χ1n) is 12.0. The third-order valence-electron chi connectivity index (χ3n) is 7.28. The number of aromatic nitrogens is 4. The molecule has 1 aliphatic carbocycles. The lowest BCUT2D eigenvalue weighted by atomic mass is 9.75. The Bertz CT molecular complexity index is 1530. The summed E-state index contributed by atoms with van der Waals surface area (Å²) in [5, 5.41) is 12.5. The van der Waals surface area contributed by atoms with Gasteiger partial charge >= 0.3 is 0 Å². The summed E-state index contributed by atoms with van der Waals surface area (Å²) in [6, 6.07) is 22.8. The van der Waals surface area contributed by atoms with E-state index in [0.29, 0.717) is 5.56 Å². The van der Waals surface area contributed by atoms with Gasteiger partial charge < -0.3 is 10.3 Å². The molecule has 1 unspecified atom stereocenters. The van der Waals surface area contributed by atoms with E-state index in [4.69, 9.17) is 0 Å². The van der Waals surface area contributed by atoms with Gasteiger partial charge in [0, 0.05) is 34.3 Å². The van der Waals surface area contributed by atoms with E-state index >= 15 is 0 Å². The molecule has 1 amide bonds. The van der Waals surface area contributed by atoms with E-state index in [2.05, 4.69) is 69.9 Å². The van der Waals surface area contributed by atoms with Crippen molar-refractivity contribution in [3.63, 3.8) is 0 Å². The summed E-state index contributed by atoms with van der Waals surface area (Å²) in [6.45, 7) is 4.09. The van der Waals surface area contributed by atoms with Crippen molar-refractivity contribution >= 4 is 16.8 Å². The second kappa shape index (κ2) is 8.24. The lowest BCUT2D eigenvalue weighted by Crippen LogP contribution is -2.49. The second-order valence-corrected chi connectivity index (χ2v) is 9.58. The Balaban J connectivity index is 1.38. The minimum absolute atomic E-state index is 0.0548. The Morgan fingerprint density at radius 1 is 1.00 bits per heavy atom. The number of H-pyrrole nitrogens is 1. The molecule has 0 bridgehead atoms. The minimum Gasteiger partial charge on any atom is -0.358 e. The lowest BCUT2D eigenvalue weighted by Gasteiger charge is -2.39. The van der Waals surface area contributed by atoms with E-state index in [1.54, 1.807) is 12.7 Å². The summed E-state index contributed by atoms with van der Waals surface area (Å²) >= 11 is 0. The van der Waals surface area contributed by atoms with Crippen LogP contribution in [0.5, 0.6) is 0 Å². The average Bonchev–Trinajstić information content (AvgIpc) is 3.52. The van der Waals surface area contributed by atoms with Crippen LogP contribution in [0.4, 0.5) is 0 Å². The summed E-state index contributed by atoms with van der Waals surface area (Å²) in [6.07, 6.45) is 5.77. The second-order valence-electron chi connectivity index (χ2n) is 9.58. The number of benzene rings is 3. The van der Waals surface area contributed by atoms with Crippen molar-refractivity contribution in [3.05, 3.63) is 113 Å². The first kappa shape index (κ1) is 21.4. The van der Waals surface area contributed by atoms with Crippen LogP contribution in [0.15, 0.2) is 79.4 Å². The van der Waals surface area contributed by atoms with Gasteiger partial charge in [0.25, 0.3) is 5.91 Å². The van der Waals surface area contributed by atoms with Crippen LogP contribution in [0.1, 0.15) is 44.7 Å². The molecule has 0 radical (unpaired) electrons.